The predicted octanol–water partition coefficient (Wildman–Crippen LogP) is 4.78. The normalized spacial score (nSPS) is 11.7. The van der Waals surface area contributed by atoms with Gasteiger partial charge in [0.05, 0.1) is 18.3 Å². The van der Waals surface area contributed by atoms with E-state index in [2.05, 4.69) is 25.6 Å². The second-order valence-electron chi connectivity index (χ2n) is 4.99. The number of nitrogens with zero attached hydrogens (tertiary/aromatic N) is 1. The van der Waals surface area contributed by atoms with E-state index >= 15 is 0 Å². The van der Waals surface area contributed by atoms with Gasteiger partial charge < -0.3 is 0 Å². The van der Waals surface area contributed by atoms with Crippen molar-refractivity contribution in [1.29, 1.82) is 0 Å². The molecule has 0 aliphatic carbocycles. The molecule has 0 atom stereocenters. The first-order valence-electron chi connectivity index (χ1n) is 7.01. The third-order valence-corrected chi connectivity index (χ3v) is 2.83. The van der Waals surface area contributed by atoms with Gasteiger partial charge in [0.15, 0.2) is 0 Å². The standard InChI is InChI=1S/C18H25NO/c1-6-7-8-12-17(5)19(20-15(2)3)14-18-13-10-9-11-16(18)4/h6-13,15H,5,14H2,1-4H3/b7-6-,12-8-. The predicted molar refractivity (Wildman–Crippen MR) is 86.0 cm³/mol. The van der Waals surface area contributed by atoms with Gasteiger partial charge in [-0.15, -0.1) is 0 Å². The van der Waals surface area contributed by atoms with Crippen LogP contribution in [-0.2, 0) is 11.4 Å². The Kier molecular flexibility index (Phi) is 6.82. The molecule has 20 heavy (non-hydrogen) atoms. The quantitative estimate of drug-likeness (QED) is 0.522. The Bertz CT molecular complexity index is 486. The smallest absolute Gasteiger partial charge is 0.0800 e. The lowest BCUT2D eigenvalue weighted by molar-refractivity contribution is -0.165. The lowest BCUT2D eigenvalue weighted by Crippen LogP contribution is -2.25. The maximum atomic E-state index is 5.86. The van der Waals surface area contributed by atoms with Crippen molar-refractivity contribution < 1.29 is 4.84 Å². The summed E-state index contributed by atoms with van der Waals surface area (Å²) < 4.78 is 0. The highest BCUT2D eigenvalue weighted by molar-refractivity contribution is 5.26. The minimum absolute atomic E-state index is 0.117. The van der Waals surface area contributed by atoms with E-state index in [9.17, 15) is 0 Å². The number of benzene rings is 1. The van der Waals surface area contributed by atoms with Crippen LogP contribution in [-0.4, -0.2) is 11.2 Å². The van der Waals surface area contributed by atoms with Gasteiger partial charge in [-0.05, 0) is 44.9 Å². The van der Waals surface area contributed by atoms with Gasteiger partial charge in [-0.3, -0.25) is 9.90 Å². The van der Waals surface area contributed by atoms with Gasteiger partial charge in [-0.1, -0.05) is 49.1 Å². The largest absolute Gasteiger partial charge is 0.270 e. The third-order valence-electron chi connectivity index (χ3n) is 2.83. The molecule has 0 bridgehead atoms. The fourth-order valence-electron chi connectivity index (χ4n) is 1.76. The first kappa shape index (κ1) is 16.3. The van der Waals surface area contributed by atoms with Crippen LogP contribution in [0.1, 0.15) is 31.9 Å². The molecule has 0 saturated heterocycles. The van der Waals surface area contributed by atoms with Crippen molar-refractivity contribution in [3.8, 4) is 0 Å². The number of hydroxylamine groups is 2. The van der Waals surface area contributed by atoms with E-state index in [0.717, 1.165) is 5.70 Å². The summed E-state index contributed by atoms with van der Waals surface area (Å²) in [6.45, 7) is 12.9. The zero-order valence-corrected chi connectivity index (χ0v) is 13.0. The maximum absolute atomic E-state index is 5.86. The first-order valence-corrected chi connectivity index (χ1v) is 7.01. The Morgan fingerprint density at radius 1 is 1.30 bits per heavy atom. The van der Waals surface area contributed by atoms with E-state index in [1.54, 1.807) is 0 Å². The van der Waals surface area contributed by atoms with Crippen LogP contribution in [0.4, 0.5) is 0 Å². The van der Waals surface area contributed by atoms with Gasteiger partial charge in [0.2, 0.25) is 0 Å². The van der Waals surface area contributed by atoms with Gasteiger partial charge in [0.25, 0.3) is 0 Å². The molecule has 1 rings (SSSR count). The molecule has 0 heterocycles. The molecule has 0 spiro atoms. The molecule has 0 unspecified atom stereocenters. The van der Waals surface area contributed by atoms with Gasteiger partial charge in [-0.2, -0.15) is 0 Å². The lowest BCUT2D eigenvalue weighted by atomic mass is 10.1. The summed E-state index contributed by atoms with van der Waals surface area (Å²) in [5, 5.41) is 1.85. The third kappa shape index (κ3) is 5.45. The highest BCUT2D eigenvalue weighted by Crippen LogP contribution is 2.16. The maximum Gasteiger partial charge on any atom is 0.0800 e. The van der Waals surface area contributed by atoms with Crippen molar-refractivity contribution in [2.45, 2.75) is 40.3 Å². The van der Waals surface area contributed by atoms with Crippen molar-refractivity contribution >= 4 is 0 Å². The molecule has 2 nitrogen and oxygen atoms in total. The van der Waals surface area contributed by atoms with E-state index in [-0.39, 0.29) is 6.10 Å². The van der Waals surface area contributed by atoms with Crippen molar-refractivity contribution in [3.63, 3.8) is 0 Å². The summed E-state index contributed by atoms with van der Waals surface area (Å²) in [7, 11) is 0. The van der Waals surface area contributed by atoms with Gasteiger partial charge in [-0.25, -0.2) is 0 Å². The molecule has 0 amide bonds. The molecular formula is C18H25NO. The number of hydrogen-bond acceptors (Lipinski definition) is 2. The molecule has 0 aromatic heterocycles. The summed E-state index contributed by atoms with van der Waals surface area (Å²) in [5.74, 6) is 0. The van der Waals surface area contributed by atoms with Gasteiger partial charge >= 0.3 is 0 Å². The van der Waals surface area contributed by atoms with Crippen LogP contribution in [0.25, 0.3) is 0 Å². The average molecular weight is 271 g/mol. The molecular weight excluding hydrogens is 246 g/mol. The summed E-state index contributed by atoms with van der Waals surface area (Å²) in [5.41, 5.74) is 3.35. The number of aryl methyl sites for hydroxylation is 1. The fourth-order valence-corrected chi connectivity index (χ4v) is 1.76. The van der Waals surface area contributed by atoms with Crippen LogP contribution >= 0.6 is 0 Å². The van der Waals surface area contributed by atoms with Crippen LogP contribution in [0.5, 0.6) is 0 Å². The van der Waals surface area contributed by atoms with Crippen LogP contribution in [0.2, 0.25) is 0 Å². The monoisotopic (exact) mass is 271 g/mol. The number of hydrogen-bond donors (Lipinski definition) is 0. The molecule has 0 saturated carbocycles. The van der Waals surface area contributed by atoms with E-state index in [1.165, 1.54) is 11.1 Å². The first-order chi connectivity index (χ1) is 9.54. The second kappa shape index (κ2) is 8.39. The van der Waals surface area contributed by atoms with Crippen LogP contribution < -0.4 is 0 Å². The zero-order valence-electron chi connectivity index (χ0n) is 13.0. The minimum Gasteiger partial charge on any atom is -0.270 e. The molecule has 0 aliphatic heterocycles. The Balaban J connectivity index is 2.84. The van der Waals surface area contributed by atoms with Crippen LogP contribution in [0, 0.1) is 6.92 Å². The van der Waals surface area contributed by atoms with Crippen molar-refractivity contribution in [2.24, 2.45) is 0 Å². The van der Waals surface area contributed by atoms with E-state index in [0.29, 0.717) is 6.54 Å². The van der Waals surface area contributed by atoms with Crippen LogP contribution in [0.3, 0.4) is 0 Å². The highest BCUT2D eigenvalue weighted by Gasteiger charge is 2.10. The minimum atomic E-state index is 0.117. The molecule has 0 aliphatic rings. The Morgan fingerprint density at radius 2 is 2.00 bits per heavy atom. The molecule has 108 valence electrons. The Morgan fingerprint density at radius 3 is 2.60 bits per heavy atom. The van der Waals surface area contributed by atoms with Crippen LogP contribution in [0.15, 0.2) is 60.8 Å². The lowest BCUT2D eigenvalue weighted by Gasteiger charge is -2.27. The van der Waals surface area contributed by atoms with Gasteiger partial charge in [0, 0.05) is 0 Å². The molecule has 1 aromatic rings. The number of allylic oxidation sites excluding steroid dienone is 4. The van der Waals surface area contributed by atoms with Crippen molar-refractivity contribution in [2.75, 3.05) is 0 Å². The van der Waals surface area contributed by atoms with E-state index in [4.69, 9.17) is 4.84 Å². The summed E-state index contributed by atoms with van der Waals surface area (Å²) in [6, 6.07) is 8.33. The molecule has 0 N–H and O–H groups in total. The molecule has 1 aromatic carbocycles. The average Bonchev–Trinajstić information content (AvgIpc) is 2.40. The molecule has 0 fully saturated rings. The second-order valence-corrected chi connectivity index (χ2v) is 4.99. The Labute approximate surface area is 123 Å². The fraction of sp³-hybridized carbons (Fsp3) is 0.333. The van der Waals surface area contributed by atoms with E-state index in [1.807, 2.05) is 62.3 Å². The van der Waals surface area contributed by atoms with E-state index < -0.39 is 0 Å². The highest BCUT2D eigenvalue weighted by atomic mass is 16.7. The van der Waals surface area contributed by atoms with Crippen molar-refractivity contribution in [3.05, 3.63) is 72.0 Å². The molecule has 0 radical (unpaired) electrons. The number of rotatable bonds is 7. The topological polar surface area (TPSA) is 12.5 Å². The molecule has 2 heteroatoms. The SMILES string of the molecule is C=C(/C=C\C=C/C)N(Cc1ccccc1C)OC(C)C. The Hall–Kier alpha value is -1.80. The van der Waals surface area contributed by atoms with Gasteiger partial charge in [0.1, 0.15) is 0 Å². The van der Waals surface area contributed by atoms with Crippen molar-refractivity contribution in [1.82, 2.24) is 5.06 Å². The zero-order chi connectivity index (χ0) is 15.0. The summed E-state index contributed by atoms with van der Waals surface area (Å²) in [4.78, 5) is 5.86. The summed E-state index contributed by atoms with van der Waals surface area (Å²) in [6.07, 6.45) is 8.01. The summed E-state index contributed by atoms with van der Waals surface area (Å²) >= 11 is 0.